The zero-order valence-electron chi connectivity index (χ0n) is 45.7. The molecule has 16 nitrogen and oxygen atoms in total. The summed E-state index contributed by atoms with van der Waals surface area (Å²) in [7, 11) is 0. The quantitative estimate of drug-likeness (QED) is 0.0430. The average molecular weight is 1090 g/mol. The lowest BCUT2D eigenvalue weighted by molar-refractivity contribution is -0.146. The number of nitrogens with two attached hydrogens (primary N) is 2. The third kappa shape index (κ3) is 13.9. The number of rotatable bonds is 26. The van der Waals surface area contributed by atoms with Crippen LogP contribution in [-0.4, -0.2) is 116 Å². The molecular weight excluding hydrogens is 1020 g/mol. The number of likely N-dealkylation sites (tertiary alicyclic amines) is 1. The second-order valence-electron chi connectivity index (χ2n) is 22.1. The molecule has 4 aromatic heterocycles. The van der Waals surface area contributed by atoms with E-state index in [0.717, 1.165) is 74.5 Å². The maximum absolute atomic E-state index is 14.1. The molecule has 2 aliphatic rings. The molecule has 2 fully saturated rings. The molecule has 7 aromatic rings. The van der Waals surface area contributed by atoms with Gasteiger partial charge in [-0.15, -0.1) is 11.3 Å². The van der Waals surface area contributed by atoms with Crippen molar-refractivity contribution in [2.24, 2.45) is 17.1 Å². The zero-order valence-corrected chi connectivity index (χ0v) is 46.5. The number of hydrogen-bond acceptors (Lipinski definition) is 15. The molecule has 3 aromatic carbocycles. The Morgan fingerprint density at radius 1 is 0.810 bits per heavy atom. The zero-order chi connectivity index (χ0) is 55.7. The van der Waals surface area contributed by atoms with Gasteiger partial charge >= 0.3 is 0 Å². The number of nitrogen functional groups attached to an aromatic ring is 1. The number of aliphatic hydroxyl groups excluding tert-OH is 1. The Morgan fingerprint density at radius 2 is 1.54 bits per heavy atom. The minimum absolute atomic E-state index is 0.00103. The van der Waals surface area contributed by atoms with Gasteiger partial charge in [-0.2, -0.15) is 0 Å². The van der Waals surface area contributed by atoms with Crippen LogP contribution in [0.5, 0.6) is 0 Å². The molecule has 17 heteroatoms. The number of aliphatic hydroxyl groups is 1. The van der Waals surface area contributed by atoms with Crippen LogP contribution in [0, 0.1) is 18.3 Å². The number of ether oxygens (including phenoxy) is 3. The van der Waals surface area contributed by atoms with Crippen LogP contribution in [-0.2, 0) is 51.8 Å². The number of carbonyl (C=O) groups excluding carboxylic acids is 4. The largest absolute Gasteiger partial charge is 0.391 e. The minimum Gasteiger partial charge on any atom is -0.391 e. The fourth-order valence-electron chi connectivity index (χ4n) is 10.5. The molecular formula is C62H72N8O8S. The summed E-state index contributed by atoms with van der Waals surface area (Å²) < 4.78 is 18.9. The van der Waals surface area contributed by atoms with Crippen LogP contribution in [0.25, 0.3) is 49.9 Å². The number of thiazole rings is 1. The molecule has 414 valence electrons. The highest BCUT2D eigenvalue weighted by Crippen LogP contribution is 2.40. The van der Waals surface area contributed by atoms with Crippen molar-refractivity contribution in [3.63, 3.8) is 0 Å². The predicted octanol–water partition coefficient (Wildman–Crippen LogP) is 9.23. The van der Waals surface area contributed by atoms with Crippen molar-refractivity contribution in [3.8, 4) is 38.8 Å². The molecule has 3 atom stereocenters. The van der Waals surface area contributed by atoms with Crippen LogP contribution in [0.1, 0.15) is 94.5 Å². The lowest BCUT2D eigenvalue weighted by Crippen LogP contribution is -2.47. The van der Waals surface area contributed by atoms with E-state index < -0.39 is 23.5 Å². The van der Waals surface area contributed by atoms with Gasteiger partial charge in [0.25, 0.3) is 0 Å². The van der Waals surface area contributed by atoms with E-state index >= 15 is 0 Å². The first-order chi connectivity index (χ1) is 38.0. The van der Waals surface area contributed by atoms with E-state index in [9.17, 15) is 24.3 Å². The SMILES string of the molecule is Cc1ncsc1-c1ccc(CCC(=O)[C@@H]2C[C@@H](O)CN2C(=O)[C@@H](CC(=O)COCCOCCOCC(=O)CCCc2cccc(-c3ccc4nc(-c5cccnc5N)n(-c5ccc(C6(N)CCC6)cc5)c4n3)c2)C(C)(C)C)cc1. The summed E-state index contributed by atoms with van der Waals surface area (Å²) in [5.74, 6) is -0.339. The van der Waals surface area contributed by atoms with Gasteiger partial charge in [-0.05, 0) is 116 Å². The number of anilines is 1. The van der Waals surface area contributed by atoms with Gasteiger partial charge < -0.3 is 35.7 Å². The molecule has 1 amide bonds. The Morgan fingerprint density at radius 3 is 2.23 bits per heavy atom. The summed E-state index contributed by atoms with van der Waals surface area (Å²) in [5, 5.41) is 10.6. The third-order valence-electron chi connectivity index (χ3n) is 15.3. The first-order valence-corrected chi connectivity index (χ1v) is 28.3. The number of imidazole rings is 1. The van der Waals surface area contributed by atoms with E-state index in [-0.39, 0.29) is 94.2 Å². The van der Waals surface area contributed by atoms with E-state index in [1.54, 1.807) is 17.5 Å². The van der Waals surface area contributed by atoms with Gasteiger partial charge in [-0.3, -0.25) is 23.7 Å². The monoisotopic (exact) mass is 1090 g/mol. The number of nitrogens with zero attached hydrogens (tertiary/aromatic N) is 6. The molecule has 1 aliphatic carbocycles. The van der Waals surface area contributed by atoms with Crippen molar-refractivity contribution in [1.82, 2.24) is 29.4 Å². The Bertz CT molecular complexity index is 3250. The maximum atomic E-state index is 14.1. The summed E-state index contributed by atoms with van der Waals surface area (Å²) in [4.78, 5) is 75.1. The maximum Gasteiger partial charge on any atom is 0.227 e. The van der Waals surface area contributed by atoms with E-state index in [2.05, 4.69) is 46.4 Å². The predicted molar refractivity (Wildman–Crippen MR) is 306 cm³/mol. The summed E-state index contributed by atoms with van der Waals surface area (Å²) in [6.07, 6.45) is 6.50. The number of aryl methyl sites for hydroxylation is 3. The Hall–Kier alpha value is -6.86. The van der Waals surface area contributed by atoms with E-state index in [1.165, 1.54) is 4.90 Å². The highest BCUT2D eigenvalue weighted by Gasteiger charge is 2.44. The van der Waals surface area contributed by atoms with E-state index in [0.29, 0.717) is 48.5 Å². The normalized spacial score (nSPS) is 16.5. The van der Waals surface area contributed by atoms with Crippen molar-refractivity contribution in [2.45, 2.75) is 110 Å². The number of Topliss-reactive ketones (excluding diaryl/α,β-unsaturated/α-hetero) is 3. The Labute approximate surface area is 465 Å². The smallest absolute Gasteiger partial charge is 0.227 e. The molecule has 1 aliphatic heterocycles. The molecule has 9 rings (SSSR count). The summed E-state index contributed by atoms with van der Waals surface area (Å²) in [6, 6.07) is 31.6. The van der Waals surface area contributed by atoms with Crippen LogP contribution in [0.15, 0.2) is 109 Å². The molecule has 0 bridgehead atoms. The van der Waals surface area contributed by atoms with Crippen molar-refractivity contribution >= 4 is 51.6 Å². The van der Waals surface area contributed by atoms with Crippen molar-refractivity contribution < 1.29 is 38.5 Å². The summed E-state index contributed by atoms with van der Waals surface area (Å²) in [5.41, 5.74) is 24.0. The lowest BCUT2D eigenvalue weighted by Gasteiger charge is -2.38. The average Bonchev–Trinajstić information content (AvgIpc) is 4.38. The van der Waals surface area contributed by atoms with Gasteiger partial charge in [0, 0.05) is 61.1 Å². The van der Waals surface area contributed by atoms with Crippen molar-refractivity contribution in [2.75, 3.05) is 51.9 Å². The van der Waals surface area contributed by atoms with Gasteiger partial charge in [0.05, 0.1) is 65.9 Å². The van der Waals surface area contributed by atoms with Gasteiger partial charge in [0.1, 0.15) is 24.5 Å². The summed E-state index contributed by atoms with van der Waals surface area (Å²) in [6.45, 7) is 8.37. The number of aromatic nitrogens is 5. The van der Waals surface area contributed by atoms with Gasteiger partial charge in [0.15, 0.2) is 28.8 Å². The second kappa shape index (κ2) is 25.5. The first kappa shape index (κ1) is 56.8. The van der Waals surface area contributed by atoms with Crippen LogP contribution in [0.2, 0.25) is 0 Å². The van der Waals surface area contributed by atoms with Crippen molar-refractivity contribution in [3.05, 3.63) is 131 Å². The molecule has 0 unspecified atom stereocenters. The van der Waals surface area contributed by atoms with Crippen LogP contribution in [0.3, 0.4) is 0 Å². The molecule has 5 N–H and O–H groups in total. The first-order valence-electron chi connectivity index (χ1n) is 27.4. The van der Waals surface area contributed by atoms with Gasteiger partial charge in [0.2, 0.25) is 5.91 Å². The molecule has 1 saturated carbocycles. The molecule has 79 heavy (non-hydrogen) atoms. The third-order valence-corrected chi connectivity index (χ3v) is 16.3. The Balaban J connectivity index is 0.678. The number of β-amino-alcohol motifs (C(OH)–C–C–N with tert-alkyl or cyclic N) is 1. The molecule has 5 heterocycles. The fourth-order valence-corrected chi connectivity index (χ4v) is 11.4. The number of hydrogen-bond donors (Lipinski definition) is 3. The highest BCUT2D eigenvalue weighted by molar-refractivity contribution is 7.13. The number of pyridine rings is 2. The number of carbonyl (C=O) groups is 4. The van der Waals surface area contributed by atoms with Crippen molar-refractivity contribution in [1.29, 1.82) is 0 Å². The van der Waals surface area contributed by atoms with Crippen LogP contribution >= 0.6 is 11.3 Å². The summed E-state index contributed by atoms with van der Waals surface area (Å²) >= 11 is 1.59. The number of amides is 1. The Kier molecular flexibility index (Phi) is 18.4. The number of fused-ring (bicyclic) bond motifs is 1. The molecule has 0 spiro atoms. The topological polar surface area (TPSA) is 228 Å². The molecule has 1 saturated heterocycles. The highest BCUT2D eigenvalue weighted by atomic mass is 32.1. The molecule has 0 radical (unpaired) electrons. The van der Waals surface area contributed by atoms with Gasteiger partial charge in [-0.1, -0.05) is 75.4 Å². The standard InChI is InChI=1S/C62H72N8O8S/c1-40-56(79-39-66-40)43-17-14-41(15-18-43)16-25-55(74)54-35-48(72)36-69(54)60(75)51(61(2,3)4)34-49(73)38-78-32-30-76-29-31-77-37-47(71)12-6-10-42-9-5-11-44(33-42)52-23-24-53-59(67-52)70(58(68-53)50-13-7-28-65-57(50)63)46-21-19-45(20-22-46)62(64)26-8-27-62/h5,7,9,11,13-15,17-24,28,33,39,48,51,54,72H,6,8,10,12,16,25-27,29-32,34-38,64H2,1-4H3,(H2,63,65)/t48-,51-,54+/m1/s1. The van der Waals surface area contributed by atoms with Gasteiger partial charge in [-0.25, -0.2) is 19.9 Å². The van der Waals surface area contributed by atoms with Crippen LogP contribution in [0.4, 0.5) is 5.82 Å². The number of benzene rings is 3. The van der Waals surface area contributed by atoms with E-state index in [1.807, 2.05) is 98.4 Å². The second-order valence-corrected chi connectivity index (χ2v) is 23.0. The van der Waals surface area contributed by atoms with Crippen LogP contribution < -0.4 is 11.5 Å². The minimum atomic E-state index is -0.819. The lowest BCUT2D eigenvalue weighted by atomic mass is 9.73. The fraction of sp³-hybridized carbons (Fsp3) is 0.419. The number of ketones is 3. The van der Waals surface area contributed by atoms with E-state index in [4.69, 9.17) is 35.6 Å².